The Morgan fingerprint density at radius 2 is 2.00 bits per heavy atom. The molecule has 0 saturated heterocycles. The van der Waals surface area contributed by atoms with E-state index in [2.05, 4.69) is 4.98 Å². The van der Waals surface area contributed by atoms with E-state index in [1.807, 2.05) is 0 Å². The quantitative estimate of drug-likeness (QED) is 0.628. The van der Waals surface area contributed by atoms with Crippen LogP contribution in [0.3, 0.4) is 0 Å². The first kappa shape index (κ1) is 15.3. The number of carbonyl (C=O) groups excluding carboxylic acids is 1. The van der Waals surface area contributed by atoms with Gasteiger partial charge in [-0.2, -0.15) is 13.2 Å². The third-order valence-electron chi connectivity index (χ3n) is 2.62. The van der Waals surface area contributed by atoms with E-state index in [1.165, 1.54) is 24.3 Å². The summed E-state index contributed by atoms with van der Waals surface area (Å²) in [6.07, 6.45) is -3.85. The summed E-state index contributed by atoms with van der Waals surface area (Å²) in [4.78, 5) is 14.4. The van der Waals surface area contributed by atoms with Gasteiger partial charge in [-0.15, -0.1) is 0 Å². The van der Waals surface area contributed by atoms with Gasteiger partial charge in [0, 0.05) is 6.07 Å². The zero-order chi connectivity index (χ0) is 15.5. The predicted octanol–water partition coefficient (Wildman–Crippen LogP) is 4.15. The van der Waals surface area contributed by atoms with E-state index in [9.17, 15) is 18.0 Å². The Hall–Kier alpha value is -2.08. The van der Waals surface area contributed by atoms with Crippen LogP contribution in [0.2, 0.25) is 5.15 Å². The van der Waals surface area contributed by atoms with Crippen molar-refractivity contribution in [2.24, 2.45) is 0 Å². The minimum Gasteiger partial charge on any atom is -0.473 e. The van der Waals surface area contributed by atoms with E-state index in [0.29, 0.717) is 11.8 Å². The number of ether oxygens (including phenoxy) is 1. The summed E-state index contributed by atoms with van der Waals surface area (Å²) >= 11 is 5.73. The summed E-state index contributed by atoms with van der Waals surface area (Å²) in [6, 6.07) is 7.64. The van der Waals surface area contributed by atoms with E-state index in [-0.39, 0.29) is 23.2 Å². The zero-order valence-electron chi connectivity index (χ0n) is 10.5. The van der Waals surface area contributed by atoms with Crippen LogP contribution < -0.4 is 4.74 Å². The summed E-state index contributed by atoms with van der Waals surface area (Å²) in [7, 11) is 0. The number of pyridine rings is 1. The number of hydrogen-bond donors (Lipinski definition) is 0. The minimum absolute atomic E-state index is 0.0217. The molecule has 0 atom stereocenters. The topological polar surface area (TPSA) is 39.2 Å². The molecular weight excluding hydrogens is 307 g/mol. The number of halogens is 4. The Morgan fingerprint density at radius 1 is 1.24 bits per heavy atom. The first-order valence-electron chi connectivity index (χ1n) is 5.81. The van der Waals surface area contributed by atoms with Crippen LogP contribution in [0.4, 0.5) is 13.2 Å². The number of benzene rings is 1. The molecule has 21 heavy (non-hydrogen) atoms. The van der Waals surface area contributed by atoms with Crippen LogP contribution >= 0.6 is 11.6 Å². The summed E-state index contributed by atoms with van der Waals surface area (Å²) < 4.78 is 43.0. The number of aldehydes is 1. The van der Waals surface area contributed by atoms with Crippen molar-refractivity contribution < 1.29 is 22.7 Å². The Morgan fingerprint density at radius 3 is 2.62 bits per heavy atom. The maximum Gasteiger partial charge on any atom is 0.416 e. The molecule has 0 N–H and O–H groups in total. The van der Waals surface area contributed by atoms with Crippen LogP contribution in [0.15, 0.2) is 36.4 Å². The van der Waals surface area contributed by atoms with Crippen molar-refractivity contribution in [1.29, 1.82) is 0 Å². The lowest BCUT2D eigenvalue weighted by Crippen LogP contribution is -2.06. The lowest BCUT2D eigenvalue weighted by atomic mass is 10.1. The van der Waals surface area contributed by atoms with Gasteiger partial charge in [0.2, 0.25) is 5.88 Å². The molecule has 110 valence electrons. The zero-order valence-corrected chi connectivity index (χ0v) is 11.3. The van der Waals surface area contributed by atoms with Crippen LogP contribution in [0.1, 0.15) is 21.5 Å². The monoisotopic (exact) mass is 315 g/mol. The molecule has 0 unspecified atom stereocenters. The van der Waals surface area contributed by atoms with Gasteiger partial charge in [-0.1, -0.05) is 23.7 Å². The SMILES string of the molecule is O=Cc1ccc(OCc2cccc(C(F)(F)F)c2)nc1Cl. The number of hydrogen-bond acceptors (Lipinski definition) is 3. The largest absolute Gasteiger partial charge is 0.473 e. The molecule has 1 aromatic heterocycles. The molecule has 2 rings (SSSR count). The van der Waals surface area contributed by atoms with Crippen LogP contribution in [-0.4, -0.2) is 11.3 Å². The average Bonchev–Trinajstić information content (AvgIpc) is 2.45. The highest BCUT2D eigenvalue weighted by Gasteiger charge is 2.30. The molecule has 0 spiro atoms. The summed E-state index contributed by atoms with van der Waals surface area (Å²) in [5.74, 6) is 0.128. The average molecular weight is 316 g/mol. The number of nitrogens with zero attached hydrogens (tertiary/aromatic N) is 1. The first-order valence-corrected chi connectivity index (χ1v) is 6.18. The molecule has 3 nitrogen and oxygen atoms in total. The smallest absolute Gasteiger partial charge is 0.416 e. The van der Waals surface area contributed by atoms with E-state index in [4.69, 9.17) is 16.3 Å². The van der Waals surface area contributed by atoms with Gasteiger partial charge in [-0.05, 0) is 23.8 Å². The van der Waals surface area contributed by atoms with Gasteiger partial charge >= 0.3 is 6.18 Å². The molecule has 7 heteroatoms. The van der Waals surface area contributed by atoms with E-state index in [0.717, 1.165) is 12.1 Å². The highest BCUT2D eigenvalue weighted by molar-refractivity contribution is 6.31. The van der Waals surface area contributed by atoms with Crippen molar-refractivity contribution in [3.8, 4) is 5.88 Å². The Labute approximate surface area is 123 Å². The molecule has 0 aliphatic heterocycles. The minimum atomic E-state index is -4.40. The summed E-state index contributed by atoms with van der Waals surface area (Å²) in [6.45, 7) is -0.0896. The van der Waals surface area contributed by atoms with Gasteiger partial charge in [-0.3, -0.25) is 4.79 Å². The molecule has 0 fully saturated rings. The fraction of sp³-hybridized carbons (Fsp3) is 0.143. The molecule has 0 aliphatic carbocycles. The highest BCUT2D eigenvalue weighted by atomic mass is 35.5. The van der Waals surface area contributed by atoms with Crippen LogP contribution in [0.25, 0.3) is 0 Å². The number of carbonyl (C=O) groups is 1. The molecule has 0 aliphatic rings. The molecule has 1 heterocycles. The molecule has 0 radical (unpaired) electrons. The van der Waals surface area contributed by atoms with Crippen molar-refractivity contribution in [3.63, 3.8) is 0 Å². The number of aromatic nitrogens is 1. The molecule has 1 aromatic carbocycles. The number of alkyl halides is 3. The van der Waals surface area contributed by atoms with Crippen molar-refractivity contribution in [2.75, 3.05) is 0 Å². The van der Waals surface area contributed by atoms with Crippen molar-refractivity contribution in [2.45, 2.75) is 12.8 Å². The maximum atomic E-state index is 12.6. The normalized spacial score (nSPS) is 11.2. The Kier molecular flexibility index (Phi) is 4.47. The van der Waals surface area contributed by atoms with E-state index < -0.39 is 11.7 Å². The van der Waals surface area contributed by atoms with Gasteiger partial charge in [-0.25, -0.2) is 4.98 Å². The Bertz CT molecular complexity index is 659. The lowest BCUT2D eigenvalue weighted by Gasteiger charge is -2.10. The van der Waals surface area contributed by atoms with Crippen molar-refractivity contribution in [1.82, 2.24) is 4.98 Å². The van der Waals surface area contributed by atoms with Crippen LogP contribution in [-0.2, 0) is 12.8 Å². The maximum absolute atomic E-state index is 12.6. The molecular formula is C14H9ClF3NO2. The predicted molar refractivity (Wildman–Crippen MR) is 70.4 cm³/mol. The first-order chi connectivity index (χ1) is 9.90. The van der Waals surface area contributed by atoms with Crippen LogP contribution in [0, 0.1) is 0 Å². The van der Waals surface area contributed by atoms with E-state index >= 15 is 0 Å². The molecule has 0 amide bonds. The van der Waals surface area contributed by atoms with Crippen molar-refractivity contribution in [3.05, 3.63) is 58.2 Å². The molecule has 0 bridgehead atoms. The fourth-order valence-electron chi connectivity index (χ4n) is 1.59. The molecule has 0 saturated carbocycles. The van der Waals surface area contributed by atoms with E-state index in [1.54, 1.807) is 0 Å². The highest BCUT2D eigenvalue weighted by Crippen LogP contribution is 2.29. The lowest BCUT2D eigenvalue weighted by molar-refractivity contribution is -0.137. The third-order valence-corrected chi connectivity index (χ3v) is 2.92. The third kappa shape index (κ3) is 3.95. The number of rotatable bonds is 4. The Balaban J connectivity index is 2.10. The summed E-state index contributed by atoms with van der Waals surface area (Å²) in [5.41, 5.74) is -0.184. The van der Waals surface area contributed by atoms with Crippen LogP contribution in [0.5, 0.6) is 5.88 Å². The second kappa shape index (κ2) is 6.13. The van der Waals surface area contributed by atoms with Gasteiger partial charge in [0.05, 0.1) is 11.1 Å². The fourth-order valence-corrected chi connectivity index (χ4v) is 1.78. The summed E-state index contributed by atoms with van der Waals surface area (Å²) in [5, 5.41) is -0.0217. The van der Waals surface area contributed by atoms with Gasteiger partial charge < -0.3 is 4.74 Å². The van der Waals surface area contributed by atoms with Gasteiger partial charge in [0.25, 0.3) is 0 Å². The van der Waals surface area contributed by atoms with Crippen molar-refractivity contribution >= 4 is 17.9 Å². The second-order valence-corrected chi connectivity index (χ2v) is 4.49. The molecule has 2 aromatic rings. The standard InChI is InChI=1S/C14H9ClF3NO2/c15-13-10(7-20)4-5-12(19-13)21-8-9-2-1-3-11(6-9)14(16,17)18/h1-7H,8H2. The van der Waals surface area contributed by atoms with Gasteiger partial charge in [0.1, 0.15) is 11.8 Å². The second-order valence-electron chi connectivity index (χ2n) is 4.13. The van der Waals surface area contributed by atoms with Gasteiger partial charge in [0.15, 0.2) is 6.29 Å².